The van der Waals surface area contributed by atoms with E-state index in [0.29, 0.717) is 24.9 Å². The largest absolute Gasteiger partial charge is 0.359 e. The molecule has 0 fully saturated rings. The van der Waals surface area contributed by atoms with Gasteiger partial charge in [0.1, 0.15) is 0 Å². The second-order valence-corrected chi connectivity index (χ2v) is 3.94. The van der Waals surface area contributed by atoms with E-state index in [4.69, 9.17) is 5.73 Å². The first kappa shape index (κ1) is 13.4. The van der Waals surface area contributed by atoms with Crippen molar-refractivity contribution in [3.63, 3.8) is 0 Å². The molecule has 0 aromatic carbocycles. The number of hydrogen-bond donors (Lipinski definition) is 2. The van der Waals surface area contributed by atoms with E-state index in [-0.39, 0.29) is 18.0 Å². The molecule has 3 N–H and O–H groups in total. The molecular formula is C12H19N3O2. The van der Waals surface area contributed by atoms with Gasteiger partial charge in [0.2, 0.25) is 5.91 Å². The van der Waals surface area contributed by atoms with Gasteiger partial charge in [0.25, 0.3) is 5.56 Å². The van der Waals surface area contributed by atoms with Gasteiger partial charge in [-0.2, -0.15) is 0 Å². The molecule has 17 heavy (non-hydrogen) atoms. The normalized spacial score (nSPS) is 10.3. The van der Waals surface area contributed by atoms with Crippen LogP contribution >= 0.6 is 0 Å². The third-order valence-electron chi connectivity index (χ3n) is 2.76. The highest BCUT2D eigenvalue weighted by Crippen LogP contribution is 2.01. The van der Waals surface area contributed by atoms with Crippen molar-refractivity contribution in [2.45, 2.75) is 32.9 Å². The molecule has 0 radical (unpaired) electrons. The van der Waals surface area contributed by atoms with Crippen molar-refractivity contribution in [3.05, 3.63) is 33.7 Å². The molecule has 0 spiro atoms. The van der Waals surface area contributed by atoms with Gasteiger partial charge in [-0.3, -0.25) is 9.59 Å². The van der Waals surface area contributed by atoms with Gasteiger partial charge in [0, 0.05) is 37.8 Å². The minimum Gasteiger partial charge on any atom is -0.359 e. The molecule has 0 bridgehead atoms. The maximum atomic E-state index is 11.9. The summed E-state index contributed by atoms with van der Waals surface area (Å²) >= 11 is 0. The van der Waals surface area contributed by atoms with Crippen molar-refractivity contribution in [2.75, 3.05) is 7.05 Å². The number of amides is 1. The Morgan fingerprint density at radius 2 is 2.18 bits per heavy atom. The number of carbonyl (C=O) groups is 1. The van der Waals surface area contributed by atoms with Crippen molar-refractivity contribution in [2.24, 2.45) is 5.73 Å². The molecule has 0 atom stereocenters. The monoisotopic (exact) mass is 237 g/mol. The number of aromatic nitrogens is 1. The molecule has 0 unspecified atom stereocenters. The molecule has 5 heteroatoms. The van der Waals surface area contributed by atoms with Crippen LogP contribution in [0.4, 0.5) is 0 Å². The first-order valence-electron chi connectivity index (χ1n) is 5.70. The molecule has 1 aromatic rings. The predicted octanol–water partition coefficient (Wildman–Crippen LogP) is 0.142. The highest BCUT2D eigenvalue weighted by molar-refractivity contribution is 5.75. The average Bonchev–Trinajstić information content (AvgIpc) is 2.33. The zero-order valence-corrected chi connectivity index (χ0v) is 10.3. The molecule has 5 nitrogen and oxygen atoms in total. The van der Waals surface area contributed by atoms with Crippen molar-refractivity contribution < 1.29 is 4.79 Å². The Bertz CT molecular complexity index is 452. The van der Waals surface area contributed by atoms with Crippen molar-refractivity contribution in [1.29, 1.82) is 0 Å². The number of pyridine rings is 1. The van der Waals surface area contributed by atoms with Crippen LogP contribution in [0.1, 0.15) is 24.1 Å². The minimum atomic E-state index is -0.0515. The van der Waals surface area contributed by atoms with E-state index in [0.717, 1.165) is 5.69 Å². The van der Waals surface area contributed by atoms with Gasteiger partial charge in [0.15, 0.2) is 0 Å². The Kier molecular flexibility index (Phi) is 4.90. The molecule has 0 aliphatic carbocycles. The Morgan fingerprint density at radius 3 is 2.76 bits per heavy atom. The van der Waals surface area contributed by atoms with Gasteiger partial charge in [-0.15, -0.1) is 0 Å². The molecule has 1 aromatic heterocycles. The predicted molar refractivity (Wildman–Crippen MR) is 66.6 cm³/mol. The Labute approximate surface area is 101 Å². The smallest absolute Gasteiger partial charge is 0.255 e. The van der Waals surface area contributed by atoms with Crippen molar-refractivity contribution in [1.82, 2.24) is 9.88 Å². The quantitative estimate of drug-likeness (QED) is 0.765. The highest BCUT2D eigenvalue weighted by atomic mass is 16.1. The van der Waals surface area contributed by atoms with Crippen LogP contribution in [-0.2, 0) is 17.9 Å². The summed E-state index contributed by atoms with van der Waals surface area (Å²) in [5.41, 5.74) is 6.94. The summed E-state index contributed by atoms with van der Waals surface area (Å²) < 4.78 is 1.67. The van der Waals surface area contributed by atoms with Gasteiger partial charge in [-0.25, -0.2) is 0 Å². The standard InChI is InChI=1S/C12H19N3O2/c1-9-5-6-10(8-13)12(17)15(9)7-3-4-11(16)14-2/h5-6H,3-4,7-8,13H2,1-2H3,(H,14,16). The van der Waals surface area contributed by atoms with Crippen LogP contribution in [0.3, 0.4) is 0 Å². The summed E-state index contributed by atoms with van der Waals surface area (Å²) in [5.74, 6) is -0.00863. The molecular weight excluding hydrogens is 218 g/mol. The zero-order chi connectivity index (χ0) is 12.8. The summed E-state index contributed by atoms with van der Waals surface area (Å²) in [6.07, 6.45) is 1.07. The van der Waals surface area contributed by atoms with Gasteiger partial charge in [0.05, 0.1) is 0 Å². The number of hydrogen-bond acceptors (Lipinski definition) is 3. The van der Waals surface area contributed by atoms with Crippen molar-refractivity contribution >= 4 is 5.91 Å². The third kappa shape index (κ3) is 3.42. The first-order chi connectivity index (χ1) is 8.10. The van der Waals surface area contributed by atoms with Crippen LogP contribution in [0.25, 0.3) is 0 Å². The molecule has 1 amide bonds. The van der Waals surface area contributed by atoms with E-state index in [9.17, 15) is 9.59 Å². The number of nitrogens with zero attached hydrogens (tertiary/aromatic N) is 1. The van der Waals surface area contributed by atoms with Crippen LogP contribution in [0.2, 0.25) is 0 Å². The van der Waals surface area contributed by atoms with Crippen LogP contribution in [0.15, 0.2) is 16.9 Å². The zero-order valence-electron chi connectivity index (χ0n) is 10.3. The minimum absolute atomic E-state index is 0.00863. The fourth-order valence-electron chi connectivity index (χ4n) is 1.67. The summed E-state index contributed by atoms with van der Waals surface area (Å²) in [6, 6.07) is 3.64. The molecule has 0 saturated carbocycles. The van der Waals surface area contributed by atoms with Gasteiger partial charge >= 0.3 is 0 Å². The lowest BCUT2D eigenvalue weighted by molar-refractivity contribution is -0.120. The van der Waals surface area contributed by atoms with E-state index >= 15 is 0 Å². The summed E-state index contributed by atoms with van der Waals surface area (Å²) in [7, 11) is 1.61. The van der Waals surface area contributed by atoms with E-state index in [1.165, 1.54) is 0 Å². The van der Waals surface area contributed by atoms with Gasteiger partial charge < -0.3 is 15.6 Å². The molecule has 1 heterocycles. The number of aryl methyl sites for hydroxylation is 1. The number of nitrogens with one attached hydrogen (secondary N) is 1. The summed E-state index contributed by atoms with van der Waals surface area (Å²) in [4.78, 5) is 23.0. The molecule has 0 aliphatic rings. The van der Waals surface area contributed by atoms with E-state index in [1.807, 2.05) is 13.0 Å². The molecule has 1 rings (SSSR count). The topological polar surface area (TPSA) is 77.1 Å². The van der Waals surface area contributed by atoms with Crippen molar-refractivity contribution in [3.8, 4) is 0 Å². The van der Waals surface area contributed by atoms with Crippen LogP contribution < -0.4 is 16.6 Å². The summed E-state index contributed by atoms with van der Waals surface area (Å²) in [6.45, 7) is 2.67. The SMILES string of the molecule is CNC(=O)CCCn1c(C)ccc(CN)c1=O. The molecule has 0 aliphatic heterocycles. The Hall–Kier alpha value is -1.62. The van der Waals surface area contributed by atoms with E-state index in [2.05, 4.69) is 5.32 Å². The fourth-order valence-corrected chi connectivity index (χ4v) is 1.67. The van der Waals surface area contributed by atoms with Gasteiger partial charge in [-0.1, -0.05) is 6.07 Å². The Balaban J connectivity index is 2.77. The second kappa shape index (κ2) is 6.20. The second-order valence-electron chi connectivity index (χ2n) is 3.94. The maximum Gasteiger partial charge on any atom is 0.255 e. The lowest BCUT2D eigenvalue weighted by Gasteiger charge is -2.11. The first-order valence-corrected chi connectivity index (χ1v) is 5.70. The van der Waals surface area contributed by atoms with Crippen LogP contribution in [-0.4, -0.2) is 17.5 Å². The average molecular weight is 237 g/mol. The lowest BCUT2D eigenvalue weighted by atomic mass is 10.2. The Morgan fingerprint density at radius 1 is 1.47 bits per heavy atom. The van der Waals surface area contributed by atoms with E-state index < -0.39 is 0 Å². The van der Waals surface area contributed by atoms with Crippen LogP contribution in [0, 0.1) is 6.92 Å². The molecule has 94 valence electrons. The number of nitrogens with two attached hydrogens (primary N) is 1. The maximum absolute atomic E-state index is 11.9. The van der Waals surface area contributed by atoms with Gasteiger partial charge in [-0.05, 0) is 19.4 Å². The fraction of sp³-hybridized carbons (Fsp3) is 0.500. The number of rotatable bonds is 5. The van der Waals surface area contributed by atoms with E-state index in [1.54, 1.807) is 17.7 Å². The summed E-state index contributed by atoms with van der Waals surface area (Å²) in [5, 5.41) is 2.56. The lowest BCUT2D eigenvalue weighted by Crippen LogP contribution is -2.27. The molecule has 0 saturated heterocycles. The third-order valence-corrected chi connectivity index (χ3v) is 2.76. The highest BCUT2D eigenvalue weighted by Gasteiger charge is 2.05. The number of carbonyl (C=O) groups excluding carboxylic acids is 1. The van der Waals surface area contributed by atoms with Crippen LogP contribution in [0.5, 0.6) is 0 Å².